The summed E-state index contributed by atoms with van der Waals surface area (Å²) in [4.78, 5) is 15.2. The SMILES string of the molecule is CC(C)(N)C(=O)Nc1ncc(Cl)s1.Cl. The molecule has 0 fully saturated rings. The number of halogens is 2. The number of carbonyl (C=O) groups is 1. The molecule has 0 aliphatic carbocycles. The summed E-state index contributed by atoms with van der Waals surface area (Å²) in [6.45, 7) is 3.25. The molecule has 0 aliphatic heterocycles. The molecule has 7 heteroatoms. The Kier molecular flexibility index (Phi) is 4.80. The summed E-state index contributed by atoms with van der Waals surface area (Å²) in [6.07, 6.45) is 1.48. The smallest absolute Gasteiger partial charge is 0.245 e. The summed E-state index contributed by atoms with van der Waals surface area (Å²) in [7, 11) is 0. The maximum absolute atomic E-state index is 11.3. The molecule has 0 radical (unpaired) electrons. The van der Waals surface area contributed by atoms with Gasteiger partial charge in [0.2, 0.25) is 5.91 Å². The van der Waals surface area contributed by atoms with E-state index in [0.29, 0.717) is 9.47 Å². The summed E-state index contributed by atoms with van der Waals surface area (Å²) in [5.74, 6) is -0.279. The Balaban J connectivity index is 0.00000169. The molecule has 0 aromatic carbocycles. The highest BCUT2D eigenvalue weighted by molar-refractivity contribution is 7.19. The zero-order valence-corrected chi connectivity index (χ0v) is 10.1. The maximum Gasteiger partial charge on any atom is 0.245 e. The second kappa shape index (κ2) is 4.93. The van der Waals surface area contributed by atoms with Crippen LogP contribution in [0, 0.1) is 0 Å². The molecule has 1 aromatic heterocycles. The third kappa shape index (κ3) is 3.79. The van der Waals surface area contributed by atoms with Crippen LogP contribution in [0.3, 0.4) is 0 Å². The van der Waals surface area contributed by atoms with E-state index in [1.165, 1.54) is 17.5 Å². The van der Waals surface area contributed by atoms with Crippen LogP contribution in [0.1, 0.15) is 13.8 Å². The Morgan fingerprint density at radius 3 is 2.64 bits per heavy atom. The Hall–Kier alpha value is -0.360. The molecule has 0 unspecified atom stereocenters. The lowest BCUT2D eigenvalue weighted by molar-refractivity contribution is -0.120. The zero-order chi connectivity index (χ0) is 10.1. The highest BCUT2D eigenvalue weighted by Gasteiger charge is 2.22. The molecule has 0 bridgehead atoms. The highest BCUT2D eigenvalue weighted by atomic mass is 35.5. The van der Waals surface area contributed by atoms with Gasteiger partial charge >= 0.3 is 0 Å². The summed E-state index contributed by atoms with van der Waals surface area (Å²) < 4.78 is 0.533. The largest absolute Gasteiger partial charge is 0.318 e. The van der Waals surface area contributed by atoms with Crippen molar-refractivity contribution in [3.8, 4) is 0 Å². The van der Waals surface area contributed by atoms with E-state index >= 15 is 0 Å². The standard InChI is InChI=1S/C7H10ClN3OS.ClH/c1-7(2,9)5(12)11-6-10-3-4(8)13-6;/h3H,9H2,1-2H3,(H,10,11,12);1H. The minimum absolute atomic E-state index is 0. The van der Waals surface area contributed by atoms with Crippen LogP contribution in [0.15, 0.2) is 6.20 Å². The van der Waals surface area contributed by atoms with Gasteiger partial charge in [-0.3, -0.25) is 4.79 Å². The molecule has 0 saturated carbocycles. The van der Waals surface area contributed by atoms with E-state index in [1.54, 1.807) is 13.8 Å². The molecule has 80 valence electrons. The van der Waals surface area contributed by atoms with Gasteiger partial charge in [-0.15, -0.1) is 12.4 Å². The highest BCUT2D eigenvalue weighted by Crippen LogP contribution is 2.22. The van der Waals surface area contributed by atoms with Crippen molar-refractivity contribution in [2.75, 3.05) is 5.32 Å². The molecule has 1 aromatic rings. The maximum atomic E-state index is 11.3. The number of aromatic nitrogens is 1. The van der Waals surface area contributed by atoms with Gasteiger partial charge in [0.25, 0.3) is 0 Å². The van der Waals surface area contributed by atoms with Gasteiger partial charge in [-0.25, -0.2) is 4.98 Å². The molecule has 1 amide bonds. The Morgan fingerprint density at radius 2 is 2.29 bits per heavy atom. The topological polar surface area (TPSA) is 68.0 Å². The van der Waals surface area contributed by atoms with Gasteiger partial charge in [0.05, 0.1) is 11.7 Å². The Bertz CT molecular complexity index is 321. The average Bonchev–Trinajstić information content (AvgIpc) is 2.33. The van der Waals surface area contributed by atoms with Crippen molar-refractivity contribution in [2.45, 2.75) is 19.4 Å². The third-order valence-corrected chi connectivity index (χ3v) is 2.31. The van der Waals surface area contributed by atoms with E-state index in [4.69, 9.17) is 17.3 Å². The number of thiazole rings is 1. The molecular formula is C7H11Cl2N3OS. The summed E-state index contributed by atoms with van der Waals surface area (Å²) in [6, 6.07) is 0. The average molecular weight is 256 g/mol. The van der Waals surface area contributed by atoms with Gasteiger partial charge in [-0.05, 0) is 13.8 Å². The van der Waals surface area contributed by atoms with Crippen molar-refractivity contribution >= 4 is 46.4 Å². The number of carbonyl (C=O) groups excluding carboxylic acids is 1. The third-order valence-electron chi connectivity index (χ3n) is 1.28. The fourth-order valence-electron chi connectivity index (χ4n) is 0.570. The van der Waals surface area contributed by atoms with Gasteiger partial charge in [-0.2, -0.15) is 0 Å². The quantitative estimate of drug-likeness (QED) is 0.849. The predicted molar refractivity (Wildman–Crippen MR) is 61.3 cm³/mol. The van der Waals surface area contributed by atoms with E-state index in [2.05, 4.69) is 10.3 Å². The molecule has 3 N–H and O–H groups in total. The number of anilines is 1. The van der Waals surface area contributed by atoms with Crippen LogP contribution in [0.5, 0.6) is 0 Å². The monoisotopic (exact) mass is 255 g/mol. The second-order valence-electron chi connectivity index (χ2n) is 3.15. The van der Waals surface area contributed by atoms with Crippen molar-refractivity contribution < 1.29 is 4.79 Å². The van der Waals surface area contributed by atoms with Gasteiger partial charge in [-0.1, -0.05) is 22.9 Å². The minimum Gasteiger partial charge on any atom is -0.318 e. The van der Waals surface area contributed by atoms with E-state index in [1.807, 2.05) is 0 Å². The fraction of sp³-hybridized carbons (Fsp3) is 0.429. The molecule has 0 aliphatic rings. The first-order chi connectivity index (χ1) is 5.89. The predicted octanol–water partition coefficient (Wildman–Crippen LogP) is 1.89. The lowest BCUT2D eigenvalue weighted by atomic mass is 10.1. The van der Waals surface area contributed by atoms with Crippen LogP contribution < -0.4 is 11.1 Å². The first-order valence-electron chi connectivity index (χ1n) is 3.61. The fourth-order valence-corrected chi connectivity index (χ4v) is 1.38. The number of hydrogen-bond acceptors (Lipinski definition) is 4. The van der Waals surface area contributed by atoms with E-state index < -0.39 is 5.54 Å². The second-order valence-corrected chi connectivity index (χ2v) is 4.81. The molecule has 1 rings (SSSR count). The first-order valence-corrected chi connectivity index (χ1v) is 4.80. The molecule has 14 heavy (non-hydrogen) atoms. The first kappa shape index (κ1) is 13.6. The molecular weight excluding hydrogens is 245 g/mol. The minimum atomic E-state index is -0.905. The Labute approximate surface area is 97.3 Å². The number of nitrogens with one attached hydrogen (secondary N) is 1. The number of hydrogen-bond donors (Lipinski definition) is 2. The van der Waals surface area contributed by atoms with Crippen LogP contribution in [-0.2, 0) is 4.79 Å². The van der Waals surface area contributed by atoms with Crippen molar-refractivity contribution in [3.63, 3.8) is 0 Å². The van der Waals surface area contributed by atoms with Crippen LogP contribution in [0.2, 0.25) is 4.34 Å². The van der Waals surface area contributed by atoms with E-state index in [-0.39, 0.29) is 18.3 Å². The van der Waals surface area contributed by atoms with Crippen molar-refractivity contribution in [2.24, 2.45) is 5.73 Å². The van der Waals surface area contributed by atoms with E-state index in [9.17, 15) is 4.79 Å². The number of amides is 1. The molecule has 4 nitrogen and oxygen atoms in total. The van der Waals surface area contributed by atoms with Gasteiger partial charge in [0, 0.05) is 0 Å². The molecule has 0 saturated heterocycles. The lowest BCUT2D eigenvalue weighted by Crippen LogP contribution is -2.45. The lowest BCUT2D eigenvalue weighted by Gasteiger charge is -2.15. The van der Waals surface area contributed by atoms with Crippen molar-refractivity contribution in [1.82, 2.24) is 4.98 Å². The van der Waals surface area contributed by atoms with E-state index in [0.717, 1.165) is 0 Å². The van der Waals surface area contributed by atoms with Crippen LogP contribution in [-0.4, -0.2) is 16.4 Å². The summed E-state index contributed by atoms with van der Waals surface area (Å²) in [5.41, 5.74) is 4.66. The number of nitrogens with zero attached hydrogens (tertiary/aromatic N) is 1. The number of nitrogens with two attached hydrogens (primary N) is 1. The van der Waals surface area contributed by atoms with Crippen LogP contribution in [0.4, 0.5) is 5.13 Å². The summed E-state index contributed by atoms with van der Waals surface area (Å²) in [5, 5.41) is 3.03. The normalized spacial score (nSPS) is 10.6. The van der Waals surface area contributed by atoms with Crippen molar-refractivity contribution in [3.05, 3.63) is 10.5 Å². The van der Waals surface area contributed by atoms with Gasteiger partial charge in [0.1, 0.15) is 4.34 Å². The molecule has 0 spiro atoms. The summed E-state index contributed by atoms with van der Waals surface area (Å²) >= 11 is 6.83. The molecule has 1 heterocycles. The van der Waals surface area contributed by atoms with Crippen LogP contribution in [0.25, 0.3) is 0 Å². The molecule has 0 atom stereocenters. The van der Waals surface area contributed by atoms with Gasteiger partial charge in [0.15, 0.2) is 5.13 Å². The number of rotatable bonds is 2. The van der Waals surface area contributed by atoms with Gasteiger partial charge < -0.3 is 11.1 Å². The zero-order valence-electron chi connectivity index (χ0n) is 7.70. The Morgan fingerprint density at radius 1 is 1.71 bits per heavy atom. The van der Waals surface area contributed by atoms with Crippen molar-refractivity contribution in [1.29, 1.82) is 0 Å². The van der Waals surface area contributed by atoms with Crippen LogP contribution >= 0.6 is 35.3 Å².